The van der Waals surface area contributed by atoms with Crippen LogP contribution in [0.5, 0.6) is 0 Å². The molecule has 0 aliphatic heterocycles. The van der Waals surface area contributed by atoms with Crippen molar-refractivity contribution in [3.05, 3.63) is 20.3 Å². The summed E-state index contributed by atoms with van der Waals surface area (Å²) in [6.45, 7) is 0. The van der Waals surface area contributed by atoms with Gasteiger partial charge in [0.15, 0.2) is 0 Å². The predicted molar refractivity (Wildman–Crippen MR) is 70.4 cm³/mol. The summed E-state index contributed by atoms with van der Waals surface area (Å²) in [5.74, 6) is 2.38. The molecule has 0 amide bonds. The maximum atomic E-state index is 11.4. The first-order valence-electron chi connectivity index (χ1n) is 5.75. The first kappa shape index (κ1) is 10.6. The summed E-state index contributed by atoms with van der Waals surface area (Å²) < 4.78 is 0.673. The third-order valence-electron chi connectivity index (χ3n) is 3.36. The van der Waals surface area contributed by atoms with Crippen molar-refractivity contribution in [1.82, 2.24) is 9.97 Å². The van der Waals surface area contributed by atoms with Crippen molar-refractivity contribution < 1.29 is 0 Å². The number of aromatic amines is 1. The third kappa shape index (κ3) is 2.09. The standard InChI is InChI=1S/C11H14IN3O/c12-8-10(13-5-14-11(8)16)15-9(6-1-2-6)7-3-4-7/h5-7,9H,1-4H2,(H2,13,14,15,16). The van der Waals surface area contributed by atoms with Crippen LogP contribution in [-0.2, 0) is 0 Å². The Labute approximate surface area is 107 Å². The van der Waals surface area contributed by atoms with Gasteiger partial charge in [-0.15, -0.1) is 0 Å². The average Bonchev–Trinajstić information content (AvgIpc) is 3.15. The Morgan fingerprint density at radius 2 is 2.00 bits per heavy atom. The van der Waals surface area contributed by atoms with Crippen LogP contribution in [0.25, 0.3) is 0 Å². The molecule has 16 heavy (non-hydrogen) atoms. The van der Waals surface area contributed by atoms with E-state index >= 15 is 0 Å². The van der Waals surface area contributed by atoms with Gasteiger partial charge in [0.1, 0.15) is 9.39 Å². The molecule has 2 aliphatic carbocycles. The molecule has 0 unspecified atom stereocenters. The fraction of sp³-hybridized carbons (Fsp3) is 0.636. The number of hydrogen-bond donors (Lipinski definition) is 2. The lowest BCUT2D eigenvalue weighted by atomic mass is 10.1. The average molecular weight is 331 g/mol. The summed E-state index contributed by atoms with van der Waals surface area (Å²) in [4.78, 5) is 18.3. The molecule has 0 aromatic carbocycles. The second-order valence-electron chi connectivity index (χ2n) is 4.74. The normalized spacial score (nSPS) is 20.1. The third-order valence-corrected chi connectivity index (χ3v) is 4.36. The smallest absolute Gasteiger partial charge is 0.266 e. The molecule has 1 heterocycles. The lowest BCUT2D eigenvalue weighted by Crippen LogP contribution is -2.27. The van der Waals surface area contributed by atoms with Crippen LogP contribution >= 0.6 is 22.6 Å². The molecule has 0 saturated heterocycles. The quantitative estimate of drug-likeness (QED) is 0.830. The molecule has 86 valence electrons. The van der Waals surface area contributed by atoms with Crippen LogP contribution in [0.4, 0.5) is 5.82 Å². The van der Waals surface area contributed by atoms with Gasteiger partial charge in [-0.1, -0.05) is 0 Å². The highest BCUT2D eigenvalue weighted by atomic mass is 127. The molecule has 1 aromatic heterocycles. The van der Waals surface area contributed by atoms with E-state index in [9.17, 15) is 4.79 Å². The zero-order chi connectivity index (χ0) is 11.1. The van der Waals surface area contributed by atoms with E-state index in [1.54, 1.807) is 0 Å². The fourth-order valence-electron chi connectivity index (χ4n) is 2.17. The van der Waals surface area contributed by atoms with Crippen molar-refractivity contribution >= 4 is 28.4 Å². The van der Waals surface area contributed by atoms with Crippen LogP contribution in [0, 0.1) is 15.4 Å². The van der Waals surface area contributed by atoms with E-state index in [2.05, 4.69) is 37.9 Å². The molecule has 2 saturated carbocycles. The van der Waals surface area contributed by atoms with Crippen molar-refractivity contribution in [3.63, 3.8) is 0 Å². The number of nitrogens with one attached hydrogen (secondary N) is 2. The molecule has 0 radical (unpaired) electrons. The Balaban J connectivity index is 1.81. The monoisotopic (exact) mass is 331 g/mol. The van der Waals surface area contributed by atoms with Gasteiger partial charge in [0.2, 0.25) is 0 Å². The van der Waals surface area contributed by atoms with Crippen LogP contribution in [-0.4, -0.2) is 16.0 Å². The van der Waals surface area contributed by atoms with Gasteiger partial charge in [0.05, 0.1) is 6.33 Å². The van der Waals surface area contributed by atoms with Crippen LogP contribution in [0.3, 0.4) is 0 Å². The van der Waals surface area contributed by atoms with Crippen LogP contribution in [0.2, 0.25) is 0 Å². The van der Waals surface area contributed by atoms with Gasteiger partial charge in [-0.05, 0) is 60.1 Å². The molecule has 0 bridgehead atoms. The molecule has 1 aromatic rings. The van der Waals surface area contributed by atoms with Gasteiger partial charge >= 0.3 is 0 Å². The van der Waals surface area contributed by atoms with Crippen molar-refractivity contribution in [1.29, 1.82) is 0 Å². The summed E-state index contributed by atoms with van der Waals surface area (Å²) in [7, 11) is 0. The topological polar surface area (TPSA) is 57.8 Å². The molecule has 2 N–H and O–H groups in total. The Morgan fingerprint density at radius 1 is 1.38 bits per heavy atom. The molecular weight excluding hydrogens is 317 g/mol. The second kappa shape index (κ2) is 4.01. The summed E-state index contributed by atoms with van der Waals surface area (Å²) >= 11 is 2.06. The molecule has 0 spiro atoms. The number of rotatable bonds is 4. The number of hydrogen-bond acceptors (Lipinski definition) is 3. The van der Waals surface area contributed by atoms with Gasteiger partial charge in [-0.25, -0.2) is 4.98 Å². The maximum Gasteiger partial charge on any atom is 0.266 e. The first-order chi connectivity index (χ1) is 7.75. The van der Waals surface area contributed by atoms with Crippen LogP contribution in [0.1, 0.15) is 25.7 Å². The fourth-order valence-corrected chi connectivity index (χ4v) is 2.62. The van der Waals surface area contributed by atoms with Crippen molar-refractivity contribution in [2.45, 2.75) is 31.7 Å². The van der Waals surface area contributed by atoms with Gasteiger partial charge < -0.3 is 10.3 Å². The molecule has 2 fully saturated rings. The van der Waals surface area contributed by atoms with E-state index in [0.717, 1.165) is 17.7 Å². The zero-order valence-electron chi connectivity index (χ0n) is 8.87. The van der Waals surface area contributed by atoms with E-state index < -0.39 is 0 Å². The maximum absolute atomic E-state index is 11.4. The zero-order valence-corrected chi connectivity index (χ0v) is 11.0. The Bertz CT molecular complexity index is 439. The van der Waals surface area contributed by atoms with E-state index in [-0.39, 0.29) is 5.56 Å². The minimum Gasteiger partial charge on any atom is -0.366 e. The van der Waals surface area contributed by atoms with Gasteiger partial charge in [-0.2, -0.15) is 0 Å². The van der Waals surface area contributed by atoms with Gasteiger partial charge in [0, 0.05) is 6.04 Å². The van der Waals surface area contributed by atoms with E-state index in [1.807, 2.05) is 0 Å². The lowest BCUT2D eigenvalue weighted by molar-refractivity contribution is 0.565. The number of anilines is 1. The second-order valence-corrected chi connectivity index (χ2v) is 5.82. The highest BCUT2D eigenvalue weighted by Gasteiger charge is 2.41. The summed E-state index contributed by atoms with van der Waals surface area (Å²) in [6.07, 6.45) is 6.79. The molecule has 2 aliphatic rings. The van der Waals surface area contributed by atoms with Crippen molar-refractivity contribution in [2.75, 3.05) is 5.32 Å². The number of H-pyrrole nitrogens is 1. The Kier molecular flexibility index (Phi) is 2.65. The first-order valence-corrected chi connectivity index (χ1v) is 6.83. The number of halogens is 1. The highest BCUT2D eigenvalue weighted by Crippen LogP contribution is 2.45. The lowest BCUT2D eigenvalue weighted by Gasteiger charge is -2.18. The van der Waals surface area contributed by atoms with Crippen LogP contribution in [0.15, 0.2) is 11.1 Å². The predicted octanol–water partition coefficient (Wildman–Crippen LogP) is 1.98. The minimum absolute atomic E-state index is 0.0524. The van der Waals surface area contributed by atoms with E-state index in [0.29, 0.717) is 9.61 Å². The number of nitrogens with zero attached hydrogens (tertiary/aromatic N) is 1. The highest BCUT2D eigenvalue weighted by molar-refractivity contribution is 14.1. The molecule has 5 heteroatoms. The minimum atomic E-state index is -0.0524. The Morgan fingerprint density at radius 3 is 2.56 bits per heavy atom. The summed E-state index contributed by atoms with van der Waals surface area (Å²) in [6, 6.07) is 0.544. The van der Waals surface area contributed by atoms with Crippen LogP contribution < -0.4 is 10.9 Å². The van der Waals surface area contributed by atoms with Gasteiger partial charge in [-0.3, -0.25) is 4.79 Å². The van der Waals surface area contributed by atoms with E-state index in [1.165, 1.54) is 32.0 Å². The Hall–Kier alpha value is -0.590. The van der Waals surface area contributed by atoms with Gasteiger partial charge in [0.25, 0.3) is 5.56 Å². The summed E-state index contributed by atoms with van der Waals surface area (Å²) in [5, 5.41) is 3.47. The molecular formula is C11H14IN3O. The SMILES string of the molecule is O=c1[nH]cnc(NC(C2CC2)C2CC2)c1I. The van der Waals surface area contributed by atoms with E-state index in [4.69, 9.17) is 0 Å². The molecule has 0 atom stereocenters. The molecule has 4 nitrogen and oxygen atoms in total. The molecule has 3 rings (SSSR count). The summed E-state index contributed by atoms with van der Waals surface area (Å²) in [5.41, 5.74) is -0.0524. The van der Waals surface area contributed by atoms with Crippen molar-refractivity contribution in [3.8, 4) is 0 Å². The number of aromatic nitrogens is 2. The van der Waals surface area contributed by atoms with Crippen molar-refractivity contribution in [2.24, 2.45) is 11.8 Å². The largest absolute Gasteiger partial charge is 0.366 e.